The molecule has 0 aliphatic rings. The number of thiazole rings is 1. The third-order valence-corrected chi connectivity index (χ3v) is 5.21. The van der Waals surface area contributed by atoms with E-state index < -0.39 is 17.9 Å². The van der Waals surface area contributed by atoms with E-state index in [4.69, 9.17) is 23.2 Å². The number of nitrogens with one attached hydrogen (secondary N) is 1. The Morgan fingerprint density at radius 1 is 1.15 bits per heavy atom. The fourth-order valence-corrected chi connectivity index (χ4v) is 3.90. The molecule has 2 N–H and O–H groups in total. The SMILES string of the molecule is O=C(Cc1csc(-c2ccc(Cl)cc2Cl)n1)N[C@@H](C(=O)O)c1ccccc1. The lowest BCUT2D eigenvalue weighted by molar-refractivity contribution is -0.142. The lowest BCUT2D eigenvalue weighted by Crippen LogP contribution is -2.34. The van der Waals surface area contributed by atoms with Crippen LogP contribution >= 0.6 is 34.5 Å². The number of hydrogen-bond acceptors (Lipinski definition) is 4. The number of carbonyl (C=O) groups is 2. The molecule has 0 bridgehead atoms. The van der Waals surface area contributed by atoms with Gasteiger partial charge in [0.2, 0.25) is 5.91 Å². The van der Waals surface area contributed by atoms with Crippen molar-refractivity contribution < 1.29 is 14.7 Å². The summed E-state index contributed by atoms with van der Waals surface area (Å²) >= 11 is 13.4. The van der Waals surface area contributed by atoms with Gasteiger partial charge in [0.15, 0.2) is 6.04 Å². The maximum Gasteiger partial charge on any atom is 0.330 e. The van der Waals surface area contributed by atoms with E-state index in [-0.39, 0.29) is 6.42 Å². The van der Waals surface area contributed by atoms with Crippen LogP contribution in [-0.4, -0.2) is 22.0 Å². The zero-order valence-electron chi connectivity index (χ0n) is 13.9. The largest absolute Gasteiger partial charge is 0.479 e. The highest BCUT2D eigenvalue weighted by Gasteiger charge is 2.22. The Balaban J connectivity index is 1.71. The Morgan fingerprint density at radius 2 is 1.89 bits per heavy atom. The number of carbonyl (C=O) groups excluding carboxylic acids is 1. The number of carboxylic acid groups (broad SMARTS) is 1. The summed E-state index contributed by atoms with van der Waals surface area (Å²) in [4.78, 5) is 28.2. The lowest BCUT2D eigenvalue weighted by atomic mass is 10.1. The van der Waals surface area contributed by atoms with Gasteiger partial charge in [-0.1, -0.05) is 53.5 Å². The maximum atomic E-state index is 12.3. The Hall–Kier alpha value is -2.41. The first-order valence-electron chi connectivity index (χ1n) is 7.91. The van der Waals surface area contributed by atoms with E-state index in [2.05, 4.69) is 10.3 Å². The molecule has 0 aliphatic carbocycles. The molecule has 8 heteroatoms. The van der Waals surface area contributed by atoms with Crippen molar-refractivity contribution in [1.82, 2.24) is 10.3 Å². The molecule has 0 saturated carbocycles. The van der Waals surface area contributed by atoms with E-state index in [1.165, 1.54) is 11.3 Å². The van der Waals surface area contributed by atoms with Crippen molar-refractivity contribution >= 4 is 46.4 Å². The third-order valence-electron chi connectivity index (χ3n) is 3.74. The Kier molecular flexibility index (Phi) is 6.11. The predicted molar refractivity (Wildman–Crippen MR) is 106 cm³/mol. The zero-order valence-corrected chi connectivity index (χ0v) is 16.2. The maximum absolute atomic E-state index is 12.3. The van der Waals surface area contributed by atoms with Gasteiger partial charge in [-0.25, -0.2) is 9.78 Å². The number of benzene rings is 2. The Morgan fingerprint density at radius 3 is 2.56 bits per heavy atom. The summed E-state index contributed by atoms with van der Waals surface area (Å²) in [6, 6.07) is 12.5. The van der Waals surface area contributed by atoms with Crippen LogP contribution in [0.5, 0.6) is 0 Å². The number of halogens is 2. The van der Waals surface area contributed by atoms with Crippen LogP contribution in [0.25, 0.3) is 10.6 Å². The van der Waals surface area contributed by atoms with Crippen LogP contribution in [0, 0.1) is 0 Å². The van der Waals surface area contributed by atoms with Gasteiger partial charge in [0.05, 0.1) is 17.1 Å². The van der Waals surface area contributed by atoms with Crippen molar-refractivity contribution in [2.24, 2.45) is 0 Å². The van der Waals surface area contributed by atoms with Crippen LogP contribution in [0.4, 0.5) is 0 Å². The summed E-state index contributed by atoms with van der Waals surface area (Å²) in [5.74, 6) is -1.55. The van der Waals surface area contributed by atoms with Crippen molar-refractivity contribution in [2.45, 2.75) is 12.5 Å². The monoisotopic (exact) mass is 420 g/mol. The van der Waals surface area contributed by atoms with Gasteiger partial charge in [0.25, 0.3) is 0 Å². The third kappa shape index (κ3) is 4.86. The van der Waals surface area contributed by atoms with Crippen molar-refractivity contribution in [1.29, 1.82) is 0 Å². The first-order valence-corrected chi connectivity index (χ1v) is 9.54. The van der Waals surface area contributed by atoms with E-state index in [1.807, 2.05) is 0 Å². The highest BCUT2D eigenvalue weighted by Crippen LogP contribution is 2.32. The molecular formula is C19H14Cl2N2O3S. The molecule has 1 atom stereocenters. The van der Waals surface area contributed by atoms with Crippen molar-refractivity contribution in [3.05, 3.63) is 75.2 Å². The average molecular weight is 421 g/mol. The molecule has 0 unspecified atom stereocenters. The molecule has 3 rings (SSSR count). The number of rotatable bonds is 6. The molecule has 3 aromatic rings. The van der Waals surface area contributed by atoms with E-state index in [9.17, 15) is 14.7 Å². The highest BCUT2D eigenvalue weighted by atomic mass is 35.5. The second-order valence-corrected chi connectivity index (χ2v) is 7.40. The number of aromatic nitrogens is 1. The summed E-state index contributed by atoms with van der Waals surface area (Å²) in [5.41, 5.74) is 1.77. The van der Waals surface area contributed by atoms with Crippen LogP contribution in [-0.2, 0) is 16.0 Å². The molecule has 138 valence electrons. The predicted octanol–water partition coefficient (Wildman–Crippen LogP) is 4.60. The minimum atomic E-state index is -1.12. The van der Waals surface area contributed by atoms with Gasteiger partial charge in [0, 0.05) is 16.0 Å². The molecule has 0 radical (unpaired) electrons. The van der Waals surface area contributed by atoms with E-state index >= 15 is 0 Å². The van der Waals surface area contributed by atoms with Gasteiger partial charge in [-0.05, 0) is 23.8 Å². The quantitative estimate of drug-likeness (QED) is 0.610. The van der Waals surface area contributed by atoms with Gasteiger partial charge in [-0.2, -0.15) is 0 Å². The Labute approximate surface area is 169 Å². The van der Waals surface area contributed by atoms with Crippen LogP contribution in [0.1, 0.15) is 17.3 Å². The van der Waals surface area contributed by atoms with Crippen LogP contribution < -0.4 is 5.32 Å². The molecular weight excluding hydrogens is 407 g/mol. The molecule has 0 fully saturated rings. The molecule has 0 spiro atoms. The zero-order chi connectivity index (χ0) is 19.4. The minimum Gasteiger partial charge on any atom is -0.479 e. The normalized spacial score (nSPS) is 11.8. The van der Waals surface area contributed by atoms with E-state index in [0.717, 1.165) is 5.56 Å². The summed E-state index contributed by atoms with van der Waals surface area (Å²) in [6.45, 7) is 0. The molecule has 1 aromatic heterocycles. The molecule has 0 saturated heterocycles. The smallest absolute Gasteiger partial charge is 0.330 e. The van der Waals surface area contributed by atoms with Crippen LogP contribution in [0.15, 0.2) is 53.9 Å². The lowest BCUT2D eigenvalue weighted by Gasteiger charge is -2.14. The van der Waals surface area contributed by atoms with Crippen molar-refractivity contribution in [2.75, 3.05) is 0 Å². The standard InChI is InChI=1S/C19H14Cl2N2O3S/c20-12-6-7-14(15(21)8-12)18-22-13(10-27-18)9-16(24)23-17(19(25)26)11-4-2-1-3-5-11/h1-8,10,17H,9H2,(H,23,24)(H,25,26)/t17-/m1/s1. The fourth-order valence-electron chi connectivity index (χ4n) is 2.48. The summed E-state index contributed by atoms with van der Waals surface area (Å²) in [6.07, 6.45) is -0.0294. The summed E-state index contributed by atoms with van der Waals surface area (Å²) < 4.78 is 0. The molecule has 0 aliphatic heterocycles. The van der Waals surface area contributed by atoms with Crippen LogP contribution in [0.3, 0.4) is 0 Å². The van der Waals surface area contributed by atoms with E-state index in [0.29, 0.717) is 26.3 Å². The first-order chi connectivity index (χ1) is 12.9. The second kappa shape index (κ2) is 8.52. The van der Waals surface area contributed by atoms with Gasteiger partial charge in [-0.15, -0.1) is 11.3 Å². The molecule has 1 heterocycles. The number of nitrogens with zero attached hydrogens (tertiary/aromatic N) is 1. The van der Waals surface area contributed by atoms with Crippen LogP contribution in [0.2, 0.25) is 10.0 Å². The number of amides is 1. The number of aliphatic carboxylic acids is 1. The average Bonchev–Trinajstić information content (AvgIpc) is 3.08. The molecule has 2 aromatic carbocycles. The van der Waals surface area contributed by atoms with Gasteiger partial charge >= 0.3 is 5.97 Å². The molecule has 1 amide bonds. The molecule has 27 heavy (non-hydrogen) atoms. The first kappa shape index (κ1) is 19.4. The van der Waals surface area contributed by atoms with Crippen molar-refractivity contribution in [3.8, 4) is 10.6 Å². The highest BCUT2D eigenvalue weighted by molar-refractivity contribution is 7.13. The van der Waals surface area contributed by atoms with Gasteiger partial charge in [-0.3, -0.25) is 4.79 Å². The Bertz CT molecular complexity index is 976. The molecule has 5 nitrogen and oxygen atoms in total. The number of hydrogen-bond donors (Lipinski definition) is 2. The number of carboxylic acids is 1. The summed E-state index contributed by atoms with van der Waals surface area (Å²) in [7, 11) is 0. The second-order valence-electron chi connectivity index (χ2n) is 5.69. The van der Waals surface area contributed by atoms with Gasteiger partial charge in [0.1, 0.15) is 5.01 Å². The fraction of sp³-hybridized carbons (Fsp3) is 0.105. The van der Waals surface area contributed by atoms with E-state index in [1.54, 1.807) is 53.9 Å². The minimum absolute atomic E-state index is 0.0294. The summed E-state index contributed by atoms with van der Waals surface area (Å²) in [5, 5.41) is 15.3. The topological polar surface area (TPSA) is 79.3 Å². The van der Waals surface area contributed by atoms with Crippen molar-refractivity contribution in [3.63, 3.8) is 0 Å². The van der Waals surface area contributed by atoms with Gasteiger partial charge < -0.3 is 10.4 Å².